The summed E-state index contributed by atoms with van der Waals surface area (Å²) in [6.45, 7) is 0.195. The van der Waals surface area contributed by atoms with Crippen LogP contribution < -0.4 is 10.1 Å². The molecule has 0 amide bonds. The second kappa shape index (κ2) is 10.5. The molecule has 176 valence electrons. The Kier molecular flexibility index (Phi) is 7.29. The molecule has 0 bridgehead atoms. The molecule has 0 spiro atoms. The molecule has 5 rings (SSSR count). The van der Waals surface area contributed by atoms with Crippen molar-refractivity contribution in [1.29, 1.82) is 0 Å². The zero-order chi connectivity index (χ0) is 23.5. The van der Waals surface area contributed by atoms with Crippen LogP contribution in [0.1, 0.15) is 16.1 Å². The summed E-state index contributed by atoms with van der Waals surface area (Å²) in [7, 11) is 0. The molecule has 0 aliphatic carbocycles. The fourth-order valence-electron chi connectivity index (χ4n) is 3.59. The standard InChI is InChI=1S/C26H17ClFN3O3.ClH/c27-22-12-19(5-7-24(22)34-14-16-2-1-3-18(28)10-16)31-26-21-11-17(4-6-23(21)29-15-30-26)20-8-9-33-25(20)13-32;/h1-13,15H,14H2,(H,29,30,31);1H. The summed E-state index contributed by atoms with van der Waals surface area (Å²) in [6.07, 6.45) is 3.63. The predicted molar refractivity (Wildman–Crippen MR) is 135 cm³/mol. The fourth-order valence-corrected chi connectivity index (χ4v) is 3.83. The first-order valence-electron chi connectivity index (χ1n) is 10.3. The Hall–Kier alpha value is -3.94. The molecule has 6 nitrogen and oxygen atoms in total. The van der Waals surface area contributed by atoms with Gasteiger partial charge in [0.25, 0.3) is 0 Å². The molecule has 0 aliphatic heterocycles. The minimum Gasteiger partial charge on any atom is -0.487 e. The number of hydrogen-bond acceptors (Lipinski definition) is 6. The molecule has 0 atom stereocenters. The van der Waals surface area contributed by atoms with Gasteiger partial charge >= 0.3 is 0 Å². The van der Waals surface area contributed by atoms with Crippen molar-refractivity contribution in [2.45, 2.75) is 6.61 Å². The van der Waals surface area contributed by atoms with Crippen molar-refractivity contribution in [3.8, 4) is 16.9 Å². The van der Waals surface area contributed by atoms with Gasteiger partial charge in [-0.2, -0.15) is 0 Å². The highest BCUT2D eigenvalue weighted by Crippen LogP contribution is 2.33. The third-order valence-electron chi connectivity index (χ3n) is 5.23. The zero-order valence-corrected chi connectivity index (χ0v) is 19.6. The van der Waals surface area contributed by atoms with Crippen LogP contribution >= 0.6 is 24.0 Å². The summed E-state index contributed by atoms with van der Waals surface area (Å²) in [5, 5.41) is 4.43. The van der Waals surface area contributed by atoms with Gasteiger partial charge in [0, 0.05) is 16.6 Å². The highest BCUT2D eigenvalue weighted by atomic mass is 35.5. The number of benzene rings is 3. The van der Waals surface area contributed by atoms with Crippen LogP contribution in [0.3, 0.4) is 0 Å². The van der Waals surface area contributed by atoms with Crippen LogP contribution in [0.4, 0.5) is 15.9 Å². The summed E-state index contributed by atoms with van der Waals surface area (Å²) in [5.41, 5.74) is 3.63. The number of carbonyl (C=O) groups is 1. The Morgan fingerprint density at radius 3 is 2.74 bits per heavy atom. The molecule has 0 radical (unpaired) electrons. The van der Waals surface area contributed by atoms with Crippen molar-refractivity contribution in [1.82, 2.24) is 9.97 Å². The predicted octanol–water partition coefficient (Wildman–Crippen LogP) is 7.24. The highest BCUT2D eigenvalue weighted by molar-refractivity contribution is 6.32. The first-order valence-corrected chi connectivity index (χ1v) is 10.7. The maximum Gasteiger partial charge on any atom is 0.185 e. The summed E-state index contributed by atoms with van der Waals surface area (Å²) in [5.74, 6) is 0.994. The molecule has 2 heterocycles. The number of hydrogen-bond donors (Lipinski definition) is 1. The van der Waals surface area contributed by atoms with E-state index in [4.69, 9.17) is 20.8 Å². The van der Waals surface area contributed by atoms with Gasteiger partial charge in [0.2, 0.25) is 0 Å². The van der Waals surface area contributed by atoms with E-state index in [1.165, 1.54) is 24.7 Å². The quantitative estimate of drug-likeness (QED) is 0.233. The van der Waals surface area contributed by atoms with E-state index >= 15 is 0 Å². The third-order valence-corrected chi connectivity index (χ3v) is 5.52. The summed E-state index contributed by atoms with van der Waals surface area (Å²) in [6, 6.07) is 18.8. The lowest BCUT2D eigenvalue weighted by atomic mass is 10.0. The average molecular weight is 510 g/mol. The topological polar surface area (TPSA) is 77.2 Å². The molecule has 0 saturated heterocycles. The Balaban J connectivity index is 0.00000289. The molecule has 5 aromatic rings. The number of rotatable bonds is 7. The molecule has 3 aromatic carbocycles. The number of carbonyl (C=O) groups excluding carboxylic acids is 1. The van der Waals surface area contributed by atoms with E-state index in [1.54, 1.807) is 30.3 Å². The largest absolute Gasteiger partial charge is 0.487 e. The first-order chi connectivity index (χ1) is 16.6. The maximum absolute atomic E-state index is 13.4. The van der Waals surface area contributed by atoms with Crippen LogP contribution in [0.5, 0.6) is 5.75 Å². The van der Waals surface area contributed by atoms with Crippen LogP contribution in [0.15, 0.2) is 83.7 Å². The molecule has 0 unspecified atom stereocenters. The average Bonchev–Trinajstić information content (AvgIpc) is 3.33. The lowest BCUT2D eigenvalue weighted by Crippen LogP contribution is -1.99. The molecular formula is C26H18Cl2FN3O3. The van der Waals surface area contributed by atoms with Crippen molar-refractivity contribution >= 4 is 52.7 Å². The van der Waals surface area contributed by atoms with Gasteiger partial charge in [0.1, 0.15) is 30.3 Å². The molecule has 0 saturated carbocycles. The van der Waals surface area contributed by atoms with Gasteiger partial charge in [-0.3, -0.25) is 4.79 Å². The van der Waals surface area contributed by atoms with Gasteiger partial charge in [-0.05, 0) is 59.7 Å². The second-order valence-corrected chi connectivity index (χ2v) is 7.87. The van der Waals surface area contributed by atoms with Crippen LogP contribution in [0.25, 0.3) is 22.0 Å². The Bertz CT molecular complexity index is 1510. The van der Waals surface area contributed by atoms with Gasteiger partial charge in [-0.25, -0.2) is 14.4 Å². The number of nitrogens with zero attached hydrogens (tertiary/aromatic N) is 2. The summed E-state index contributed by atoms with van der Waals surface area (Å²) >= 11 is 6.42. The van der Waals surface area contributed by atoms with Crippen LogP contribution in [0, 0.1) is 5.82 Å². The molecule has 0 fully saturated rings. The molecular weight excluding hydrogens is 492 g/mol. The molecule has 2 aromatic heterocycles. The van der Waals surface area contributed by atoms with Crippen molar-refractivity contribution in [3.63, 3.8) is 0 Å². The number of aromatic nitrogens is 2. The van der Waals surface area contributed by atoms with Gasteiger partial charge in [0.15, 0.2) is 12.0 Å². The number of furan rings is 1. The molecule has 9 heteroatoms. The van der Waals surface area contributed by atoms with E-state index in [0.29, 0.717) is 39.7 Å². The maximum atomic E-state index is 13.4. The van der Waals surface area contributed by atoms with Gasteiger partial charge < -0.3 is 14.5 Å². The first kappa shape index (κ1) is 24.2. The fraction of sp³-hybridized carbons (Fsp3) is 0.0385. The smallest absolute Gasteiger partial charge is 0.185 e. The van der Waals surface area contributed by atoms with Crippen LogP contribution in [-0.4, -0.2) is 16.3 Å². The van der Waals surface area contributed by atoms with Crippen molar-refractivity contribution in [2.24, 2.45) is 0 Å². The molecule has 1 N–H and O–H groups in total. The minimum atomic E-state index is -0.317. The lowest BCUT2D eigenvalue weighted by Gasteiger charge is -2.12. The normalized spacial score (nSPS) is 10.6. The van der Waals surface area contributed by atoms with E-state index in [2.05, 4.69) is 15.3 Å². The molecule has 0 aliphatic rings. The third kappa shape index (κ3) is 5.26. The van der Waals surface area contributed by atoms with E-state index in [1.807, 2.05) is 24.3 Å². The van der Waals surface area contributed by atoms with E-state index in [-0.39, 0.29) is 30.6 Å². The van der Waals surface area contributed by atoms with E-state index in [9.17, 15) is 9.18 Å². The van der Waals surface area contributed by atoms with Gasteiger partial charge in [0.05, 0.1) is 16.8 Å². The SMILES string of the molecule is Cl.O=Cc1occc1-c1ccc2ncnc(Nc3ccc(OCc4cccc(F)c4)c(Cl)c3)c2c1. The number of nitrogens with one attached hydrogen (secondary N) is 1. The van der Waals surface area contributed by atoms with Crippen LogP contribution in [-0.2, 0) is 6.61 Å². The number of anilines is 2. The Labute approximate surface area is 211 Å². The van der Waals surface area contributed by atoms with Crippen molar-refractivity contribution in [3.05, 3.63) is 101 Å². The molecule has 35 heavy (non-hydrogen) atoms. The zero-order valence-electron chi connectivity index (χ0n) is 18.1. The van der Waals surface area contributed by atoms with Crippen molar-refractivity contribution in [2.75, 3.05) is 5.32 Å². The summed E-state index contributed by atoms with van der Waals surface area (Å²) < 4.78 is 24.3. The van der Waals surface area contributed by atoms with Crippen molar-refractivity contribution < 1.29 is 18.3 Å². The highest BCUT2D eigenvalue weighted by Gasteiger charge is 2.12. The summed E-state index contributed by atoms with van der Waals surface area (Å²) in [4.78, 5) is 20.0. The van der Waals surface area contributed by atoms with Crippen LogP contribution in [0.2, 0.25) is 5.02 Å². The van der Waals surface area contributed by atoms with Gasteiger partial charge in [-0.1, -0.05) is 29.8 Å². The Morgan fingerprint density at radius 1 is 1.06 bits per heavy atom. The van der Waals surface area contributed by atoms with E-state index < -0.39 is 0 Å². The number of fused-ring (bicyclic) bond motifs is 1. The number of aldehydes is 1. The number of ether oxygens (including phenoxy) is 1. The lowest BCUT2D eigenvalue weighted by molar-refractivity contribution is 0.110. The number of halogens is 3. The monoisotopic (exact) mass is 509 g/mol. The minimum absolute atomic E-state index is 0. The van der Waals surface area contributed by atoms with Gasteiger partial charge in [-0.15, -0.1) is 12.4 Å². The van der Waals surface area contributed by atoms with E-state index in [0.717, 1.165) is 16.5 Å². The Morgan fingerprint density at radius 2 is 1.94 bits per heavy atom. The second-order valence-electron chi connectivity index (χ2n) is 7.46.